The fourth-order valence-electron chi connectivity index (χ4n) is 2.18. The number of hydrogen-bond acceptors (Lipinski definition) is 4. The third-order valence-corrected chi connectivity index (χ3v) is 4.21. The molecule has 0 aromatic carbocycles. The normalized spacial score (nSPS) is 20.2. The van der Waals surface area contributed by atoms with Crippen molar-refractivity contribution < 1.29 is 4.74 Å². The van der Waals surface area contributed by atoms with Gasteiger partial charge in [-0.2, -0.15) is 0 Å². The average Bonchev–Trinajstić information content (AvgIpc) is 2.83. The van der Waals surface area contributed by atoms with E-state index in [2.05, 4.69) is 29.5 Å². The topological polar surface area (TPSA) is 38.5 Å². The van der Waals surface area contributed by atoms with Gasteiger partial charge in [-0.3, -0.25) is 0 Å². The molecule has 0 saturated carbocycles. The van der Waals surface area contributed by atoms with Crippen LogP contribution in [0.2, 0.25) is 0 Å². The van der Waals surface area contributed by atoms with Crippen molar-refractivity contribution >= 4 is 11.3 Å². The Morgan fingerprint density at radius 3 is 2.94 bits per heavy atom. The van der Waals surface area contributed by atoms with Crippen LogP contribution in [0.4, 0.5) is 0 Å². The van der Waals surface area contributed by atoms with Gasteiger partial charge < -0.3 is 15.4 Å². The van der Waals surface area contributed by atoms with E-state index in [9.17, 15) is 0 Å². The third kappa shape index (κ3) is 3.04. The Morgan fingerprint density at radius 2 is 2.31 bits per heavy atom. The zero-order chi connectivity index (χ0) is 11.4. The van der Waals surface area contributed by atoms with Crippen LogP contribution in [0.1, 0.15) is 23.8 Å². The van der Waals surface area contributed by atoms with Crippen LogP contribution in [0.3, 0.4) is 0 Å². The molecule has 0 amide bonds. The molecule has 2 N–H and O–H groups in total. The molecule has 0 aliphatic carbocycles. The summed E-state index contributed by atoms with van der Waals surface area (Å²) in [6.07, 6.45) is 2.27. The molecule has 0 bridgehead atoms. The zero-order valence-electron chi connectivity index (χ0n) is 9.76. The molecular formula is C12H20N2OS. The van der Waals surface area contributed by atoms with E-state index in [0.717, 1.165) is 32.6 Å². The number of thiophene rings is 1. The smallest absolute Gasteiger partial charge is 0.0519 e. The van der Waals surface area contributed by atoms with Gasteiger partial charge in [-0.05, 0) is 31.3 Å². The van der Waals surface area contributed by atoms with Crippen LogP contribution in [-0.2, 0) is 4.74 Å². The fraction of sp³-hybridized carbons (Fsp3) is 0.667. The van der Waals surface area contributed by atoms with Crippen molar-refractivity contribution in [2.75, 3.05) is 26.8 Å². The van der Waals surface area contributed by atoms with E-state index in [4.69, 9.17) is 10.5 Å². The van der Waals surface area contributed by atoms with E-state index < -0.39 is 0 Å². The van der Waals surface area contributed by atoms with Crippen LogP contribution in [0.15, 0.2) is 17.5 Å². The molecule has 0 radical (unpaired) electrons. The molecule has 16 heavy (non-hydrogen) atoms. The minimum atomic E-state index is 0.146. The van der Waals surface area contributed by atoms with Crippen molar-refractivity contribution in [2.45, 2.75) is 24.9 Å². The maximum Gasteiger partial charge on any atom is 0.0519 e. The summed E-state index contributed by atoms with van der Waals surface area (Å²) in [5.74, 6) is 0. The summed E-state index contributed by atoms with van der Waals surface area (Å²) in [5.41, 5.74) is 6.18. The van der Waals surface area contributed by atoms with E-state index in [0.29, 0.717) is 6.04 Å². The van der Waals surface area contributed by atoms with E-state index in [1.54, 1.807) is 11.3 Å². The van der Waals surface area contributed by atoms with Crippen molar-refractivity contribution in [3.05, 3.63) is 22.4 Å². The molecule has 3 nitrogen and oxygen atoms in total. The lowest BCUT2D eigenvalue weighted by Gasteiger charge is -2.32. The minimum Gasteiger partial charge on any atom is -0.381 e. The Labute approximate surface area is 101 Å². The van der Waals surface area contributed by atoms with Gasteiger partial charge >= 0.3 is 0 Å². The first-order valence-corrected chi connectivity index (χ1v) is 6.72. The number of ether oxygens (including phenoxy) is 1. The lowest BCUT2D eigenvalue weighted by atomic mass is 10.1. The molecule has 1 fully saturated rings. The molecule has 1 aromatic heterocycles. The highest BCUT2D eigenvalue weighted by atomic mass is 32.1. The average molecular weight is 240 g/mol. The Hall–Kier alpha value is -0.420. The van der Waals surface area contributed by atoms with Crippen molar-refractivity contribution in [3.8, 4) is 0 Å². The zero-order valence-corrected chi connectivity index (χ0v) is 10.6. The van der Waals surface area contributed by atoms with E-state index in [-0.39, 0.29) is 6.04 Å². The molecule has 90 valence electrons. The number of likely N-dealkylation sites (N-methyl/N-ethyl adjacent to an activating group) is 1. The maximum absolute atomic E-state index is 6.18. The van der Waals surface area contributed by atoms with Crippen LogP contribution >= 0.6 is 11.3 Å². The van der Waals surface area contributed by atoms with Crippen LogP contribution in [0.5, 0.6) is 0 Å². The molecule has 2 rings (SSSR count). The molecule has 1 aliphatic heterocycles. The van der Waals surface area contributed by atoms with E-state index >= 15 is 0 Å². The van der Waals surface area contributed by atoms with Gasteiger partial charge in [0, 0.05) is 30.7 Å². The summed E-state index contributed by atoms with van der Waals surface area (Å²) in [6, 6.07) is 4.97. The van der Waals surface area contributed by atoms with Crippen molar-refractivity contribution in [2.24, 2.45) is 5.73 Å². The van der Waals surface area contributed by atoms with Gasteiger partial charge in [-0.1, -0.05) is 6.07 Å². The summed E-state index contributed by atoms with van der Waals surface area (Å²) < 4.78 is 5.37. The third-order valence-electron chi connectivity index (χ3n) is 3.21. The molecule has 4 heteroatoms. The standard InChI is InChI=1S/C12H20N2OS/c1-14(10-4-6-15-7-5-10)9-11(13)12-3-2-8-16-12/h2-3,8,10-11H,4-7,9,13H2,1H3. The quantitative estimate of drug-likeness (QED) is 0.873. The molecule has 1 unspecified atom stereocenters. The second-order valence-corrected chi connectivity index (χ2v) is 5.38. The Morgan fingerprint density at radius 1 is 1.56 bits per heavy atom. The molecule has 1 saturated heterocycles. The highest BCUT2D eigenvalue weighted by Gasteiger charge is 2.20. The SMILES string of the molecule is CN(CC(N)c1cccs1)C1CCOCC1. The van der Waals surface area contributed by atoms with Gasteiger partial charge in [0.15, 0.2) is 0 Å². The summed E-state index contributed by atoms with van der Waals surface area (Å²) in [7, 11) is 2.17. The Kier molecular flexibility index (Phi) is 4.35. The van der Waals surface area contributed by atoms with Crippen LogP contribution in [0.25, 0.3) is 0 Å². The van der Waals surface area contributed by atoms with Gasteiger partial charge in [0.1, 0.15) is 0 Å². The second-order valence-electron chi connectivity index (χ2n) is 4.41. The molecule has 1 atom stereocenters. The van der Waals surface area contributed by atoms with Gasteiger partial charge in [0.2, 0.25) is 0 Å². The van der Waals surface area contributed by atoms with Crippen molar-refractivity contribution in [1.82, 2.24) is 4.90 Å². The van der Waals surface area contributed by atoms with Crippen molar-refractivity contribution in [3.63, 3.8) is 0 Å². The first-order valence-electron chi connectivity index (χ1n) is 5.84. The summed E-state index contributed by atoms with van der Waals surface area (Å²) in [4.78, 5) is 3.66. The van der Waals surface area contributed by atoms with Gasteiger partial charge in [-0.25, -0.2) is 0 Å². The first-order chi connectivity index (χ1) is 7.77. The second kappa shape index (κ2) is 5.77. The monoisotopic (exact) mass is 240 g/mol. The largest absolute Gasteiger partial charge is 0.381 e. The lowest BCUT2D eigenvalue weighted by Crippen LogP contribution is -2.40. The highest BCUT2D eigenvalue weighted by molar-refractivity contribution is 7.10. The maximum atomic E-state index is 6.18. The number of rotatable bonds is 4. The van der Waals surface area contributed by atoms with Crippen molar-refractivity contribution in [1.29, 1.82) is 0 Å². The van der Waals surface area contributed by atoms with E-state index in [1.165, 1.54) is 4.88 Å². The fourth-order valence-corrected chi connectivity index (χ4v) is 2.90. The number of nitrogens with two attached hydrogens (primary N) is 1. The van der Waals surface area contributed by atoms with Crippen LogP contribution in [-0.4, -0.2) is 37.7 Å². The molecule has 0 spiro atoms. The lowest BCUT2D eigenvalue weighted by molar-refractivity contribution is 0.0414. The molecular weight excluding hydrogens is 220 g/mol. The Balaban J connectivity index is 1.84. The van der Waals surface area contributed by atoms with Gasteiger partial charge in [0.05, 0.1) is 6.04 Å². The molecule has 1 aromatic rings. The predicted octanol–water partition coefficient (Wildman–Crippen LogP) is 1.86. The van der Waals surface area contributed by atoms with Crippen LogP contribution in [0, 0.1) is 0 Å². The predicted molar refractivity (Wildman–Crippen MR) is 67.7 cm³/mol. The van der Waals surface area contributed by atoms with Gasteiger partial charge in [-0.15, -0.1) is 11.3 Å². The highest BCUT2D eigenvalue weighted by Crippen LogP contribution is 2.20. The summed E-state index contributed by atoms with van der Waals surface area (Å²) >= 11 is 1.74. The molecule has 2 heterocycles. The molecule has 1 aliphatic rings. The van der Waals surface area contributed by atoms with Gasteiger partial charge in [0.25, 0.3) is 0 Å². The number of nitrogens with zero attached hydrogens (tertiary/aromatic N) is 1. The number of hydrogen-bond donors (Lipinski definition) is 1. The Bertz CT molecular complexity index is 296. The van der Waals surface area contributed by atoms with E-state index in [1.807, 2.05) is 0 Å². The van der Waals surface area contributed by atoms with Crippen LogP contribution < -0.4 is 5.73 Å². The summed E-state index contributed by atoms with van der Waals surface area (Å²) in [5, 5.41) is 2.09. The minimum absolute atomic E-state index is 0.146. The first kappa shape index (κ1) is 12.0. The summed E-state index contributed by atoms with van der Waals surface area (Å²) in [6.45, 7) is 2.72.